The molecule has 0 aromatic heterocycles. The third kappa shape index (κ3) is 3.17. The molecule has 2 aromatic carbocycles. The number of carbonyl (C=O) groups is 2. The highest BCUT2D eigenvalue weighted by Crippen LogP contribution is 2.33. The van der Waals surface area contributed by atoms with Crippen LogP contribution in [0.5, 0.6) is 0 Å². The predicted molar refractivity (Wildman–Crippen MR) is 99.6 cm³/mol. The zero-order valence-corrected chi connectivity index (χ0v) is 15.7. The molecule has 8 heteroatoms. The molecule has 0 radical (unpaired) electrons. The quantitative estimate of drug-likeness (QED) is 0.660. The Morgan fingerprint density at radius 1 is 0.875 bits per heavy atom. The lowest BCUT2D eigenvalue weighted by atomic mass is 10.3. The van der Waals surface area contributed by atoms with Crippen molar-refractivity contribution >= 4 is 73.9 Å². The van der Waals surface area contributed by atoms with E-state index < -0.39 is 11.8 Å². The maximum absolute atomic E-state index is 12.6. The van der Waals surface area contributed by atoms with E-state index in [1.54, 1.807) is 24.3 Å². The van der Waals surface area contributed by atoms with Crippen molar-refractivity contribution in [2.24, 2.45) is 0 Å². The summed E-state index contributed by atoms with van der Waals surface area (Å²) in [6.45, 7) is 0. The molecule has 1 aliphatic rings. The van der Waals surface area contributed by atoms with Crippen molar-refractivity contribution in [2.45, 2.75) is 0 Å². The Labute approximate surface area is 161 Å². The lowest BCUT2D eigenvalue weighted by molar-refractivity contribution is -0.120. The molecule has 122 valence electrons. The number of amides is 2. The van der Waals surface area contributed by atoms with Gasteiger partial charge in [-0.1, -0.05) is 50.7 Å². The highest BCUT2D eigenvalue weighted by atomic mass is 79.9. The highest BCUT2D eigenvalue weighted by Gasteiger charge is 2.39. The number of carbonyl (C=O) groups excluding carboxylic acids is 2. The number of nitrogens with zero attached hydrogens (tertiary/aromatic N) is 1. The van der Waals surface area contributed by atoms with Crippen molar-refractivity contribution in [3.63, 3.8) is 0 Å². The standard InChI is InChI=1S/C16H8BrCl3N2O2/c17-8-1-3-9(4-2-8)21-14-13(20)15(23)22(16(14)24)10-5-6-11(18)12(19)7-10/h1-7,21H. The molecular weight excluding hydrogens is 438 g/mol. The van der Waals surface area contributed by atoms with Gasteiger partial charge in [0.25, 0.3) is 11.8 Å². The first-order valence-electron chi connectivity index (χ1n) is 6.64. The summed E-state index contributed by atoms with van der Waals surface area (Å²) in [7, 11) is 0. The maximum Gasteiger partial charge on any atom is 0.283 e. The average molecular weight is 447 g/mol. The molecule has 2 amide bonds. The molecular formula is C16H8BrCl3N2O2. The Bertz CT molecular complexity index is 881. The van der Waals surface area contributed by atoms with E-state index in [9.17, 15) is 9.59 Å². The zero-order valence-electron chi connectivity index (χ0n) is 11.8. The summed E-state index contributed by atoms with van der Waals surface area (Å²) < 4.78 is 0.888. The van der Waals surface area contributed by atoms with Gasteiger partial charge < -0.3 is 5.32 Å². The second-order valence-corrected chi connectivity index (χ2v) is 6.97. The molecule has 0 atom stereocenters. The van der Waals surface area contributed by atoms with Crippen LogP contribution in [0.25, 0.3) is 0 Å². The third-order valence-electron chi connectivity index (χ3n) is 3.30. The fourth-order valence-corrected chi connectivity index (χ4v) is 2.92. The van der Waals surface area contributed by atoms with Crippen molar-refractivity contribution in [3.05, 3.63) is 67.7 Å². The van der Waals surface area contributed by atoms with Gasteiger partial charge in [0.05, 0.1) is 15.7 Å². The zero-order chi connectivity index (χ0) is 17.4. The van der Waals surface area contributed by atoms with Crippen molar-refractivity contribution in [3.8, 4) is 0 Å². The monoisotopic (exact) mass is 444 g/mol. The van der Waals surface area contributed by atoms with E-state index >= 15 is 0 Å². The number of hydrogen-bond acceptors (Lipinski definition) is 3. The smallest absolute Gasteiger partial charge is 0.283 e. The Morgan fingerprint density at radius 2 is 1.54 bits per heavy atom. The van der Waals surface area contributed by atoms with Gasteiger partial charge >= 0.3 is 0 Å². The highest BCUT2D eigenvalue weighted by molar-refractivity contribution is 9.10. The predicted octanol–water partition coefficient (Wildman–Crippen LogP) is 5.19. The number of halogens is 4. The largest absolute Gasteiger partial charge is 0.350 e. The second-order valence-electron chi connectivity index (χ2n) is 4.87. The molecule has 0 aliphatic carbocycles. The van der Waals surface area contributed by atoms with E-state index in [4.69, 9.17) is 34.8 Å². The van der Waals surface area contributed by atoms with E-state index in [1.807, 2.05) is 0 Å². The summed E-state index contributed by atoms with van der Waals surface area (Å²) in [5.41, 5.74) is 0.934. The van der Waals surface area contributed by atoms with Gasteiger partial charge in [-0.25, -0.2) is 4.90 Å². The topological polar surface area (TPSA) is 49.4 Å². The van der Waals surface area contributed by atoms with Crippen LogP contribution in [-0.2, 0) is 9.59 Å². The molecule has 0 saturated carbocycles. The van der Waals surface area contributed by atoms with E-state index in [2.05, 4.69) is 21.2 Å². The minimum Gasteiger partial charge on any atom is -0.350 e. The van der Waals surface area contributed by atoms with Gasteiger partial charge in [-0.2, -0.15) is 0 Å². The molecule has 2 aromatic rings. The molecule has 0 spiro atoms. The molecule has 0 unspecified atom stereocenters. The van der Waals surface area contributed by atoms with Crippen LogP contribution >= 0.6 is 50.7 Å². The van der Waals surface area contributed by atoms with Gasteiger partial charge in [-0.3, -0.25) is 9.59 Å². The Kier molecular flexibility index (Phi) is 4.88. The summed E-state index contributed by atoms with van der Waals surface area (Å²) >= 11 is 21.2. The summed E-state index contributed by atoms with van der Waals surface area (Å²) in [4.78, 5) is 25.9. The first-order chi connectivity index (χ1) is 11.4. The van der Waals surface area contributed by atoms with Crippen LogP contribution < -0.4 is 10.2 Å². The maximum atomic E-state index is 12.6. The number of benzene rings is 2. The molecule has 1 N–H and O–H groups in total. The van der Waals surface area contributed by atoms with Crippen LogP contribution in [0, 0.1) is 0 Å². The Hall–Kier alpha value is -1.53. The minimum absolute atomic E-state index is 0.00932. The van der Waals surface area contributed by atoms with Crippen molar-refractivity contribution in [1.29, 1.82) is 0 Å². The summed E-state index contributed by atoms with van der Waals surface area (Å²) in [6.07, 6.45) is 0. The molecule has 0 bridgehead atoms. The van der Waals surface area contributed by atoms with Gasteiger partial charge in [-0.05, 0) is 42.5 Å². The van der Waals surface area contributed by atoms with Crippen LogP contribution in [0.1, 0.15) is 0 Å². The first-order valence-corrected chi connectivity index (χ1v) is 8.57. The number of rotatable bonds is 3. The van der Waals surface area contributed by atoms with Gasteiger partial charge in [-0.15, -0.1) is 0 Å². The lowest BCUT2D eigenvalue weighted by Crippen LogP contribution is -2.32. The van der Waals surface area contributed by atoms with E-state index in [-0.39, 0.29) is 15.8 Å². The number of anilines is 2. The fraction of sp³-hybridized carbons (Fsp3) is 0. The first kappa shape index (κ1) is 17.3. The molecule has 0 fully saturated rings. The molecule has 0 saturated heterocycles. The van der Waals surface area contributed by atoms with Crippen molar-refractivity contribution in [1.82, 2.24) is 0 Å². The van der Waals surface area contributed by atoms with Gasteiger partial charge in [0.2, 0.25) is 0 Å². The van der Waals surface area contributed by atoms with Crippen LogP contribution in [-0.4, -0.2) is 11.8 Å². The second kappa shape index (κ2) is 6.76. The summed E-state index contributed by atoms with van der Waals surface area (Å²) in [6, 6.07) is 11.6. The summed E-state index contributed by atoms with van der Waals surface area (Å²) in [5.74, 6) is -1.19. The van der Waals surface area contributed by atoms with Crippen LogP contribution in [0.3, 0.4) is 0 Å². The number of imide groups is 1. The Morgan fingerprint density at radius 3 is 2.17 bits per heavy atom. The minimum atomic E-state index is -0.625. The van der Waals surface area contributed by atoms with Gasteiger partial charge in [0, 0.05) is 10.2 Å². The van der Waals surface area contributed by atoms with Crippen molar-refractivity contribution < 1.29 is 9.59 Å². The Balaban J connectivity index is 1.92. The van der Waals surface area contributed by atoms with Crippen molar-refractivity contribution in [2.75, 3.05) is 10.2 Å². The number of hydrogen-bond donors (Lipinski definition) is 1. The lowest BCUT2D eigenvalue weighted by Gasteiger charge is -2.15. The molecule has 3 rings (SSSR count). The normalized spacial score (nSPS) is 14.6. The summed E-state index contributed by atoms with van der Waals surface area (Å²) in [5, 5.41) is 3.26. The third-order valence-corrected chi connectivity index (χ3v) is 4.92. The average Bonchev–Trinajstić information content (AvgIpc) is 2.76. The number of nitrogens with one attached hydrogen (secondary N) is 1. The van der Waals surface area contributed by atoms with Gasteiger partial charge in [0.1, 0.15) is 10.7 Å². The van der Waals surface area contributed by atoms with E-state index in [0.29, 0.717) is 16.4 Å². The molecule has 24 heavy (non-hydrogen) atoms. The SMILES string of the molecule is O=C1C(Cl)=C(Nc2ccc(Br)cc2)C(=O)N1c1ccc(Cl)c(Cl)c1. The van der Waals surface area contributed by atoms with Crippen LogP contribution in [0.4, 0.5) is 11.4 Å². The van der Waals surface area contributed by atoms with E-state index in [1.165, 1.54) is 18.2 Å². The molecule has 4 nitrogen and oxygen atoms in total. The molecule has 1 aliphatic heterocycles. The van der Waals surface area contributed by atoms with Gasteiger partial charge in [0.15, 0.2) is 0 Å². The van der Waals surface area contributed by atoms with Crippen LogP contribution in [0.2, 0.25) is 10.0 Å². The molecule has 1 heterocycles. The fourth-order valence-electron chi connectivity index (χ4n) is 2.15. The van der Waals surface area contributed by atoms with E-state index in [0.717, 1.165) is 9.37 Å². The van der Waals surface area contributed by atoms with Crippen LogP contribution in [0.15, 0.2) is 57.7 Å².